The summed E-state index contributed by atoms with van der Waals surface area (Å²) in [6, 6.07) is 13.5. The molecule has 1 aliphatic heterocycles. The first-order valence-corrected chi connectivity index (χ1v) is 9.67. The van der Waals surface area contributed by atoms with E-state index < -0.39 is 0 Å². The molecule has 0 fully saturated rings. The van der Waals surface area contributed by atoms with Gasteiger partial charge in [-0.3, -0.25) is 0 Å². The number of rotatable bonds is 4. The topological polar surface area (TPSA) is 63.7 Å². The van der Waals surface area contributed by atoms with Crippen molar-refractivity contribution >= 4 is 27.6 Å². The second kappa shape index (κ2) is 7.44. The van der Waals surface area contributed by atoms with Crippen LogP contribution in [0.3, 0.4) is 0 Å². The highest BCUT2D eigenvalue weighted by molar-refractivity contribution is 7.18. The van der Waals surface area contributed by atoms with E-state index in [2.05, 4.69) is 10.3 Å². The summed E-state index contributed by atoms with van der Waals surface area (Å²) < 4.78 is 12.3. The third-order valence-electron chi connectivity index (χ3n) is 4.46. The average molecular weight is 383 g/mol. The second-order valence-corrected chi connectivity index (χ2v) is 7.62. The molecule has 1 N–H and O–H groups in total. The van der Waals surface area contributed by atoms with Crippen LogP contribution in [0.2, 0.25) is 0 Å². The molecular weight excluding hydrogens is 362 g/mol. The molecule has 0 saturated heterocycles. The molecule has 0 saturated carbocycles. The van der Waals surface area contributed by atoms with Gasteiger partial charge in [0.05, 0.1) is 22.8 Å². The van der Waals surface area contributed by atoms with E-state index in [9.17, 15) is 4.79 Å². The lowest BCUT2D eigenvalue weighted by molar-refractivity contribution is 0.171. The highest BCUT2D eigenvalue weighted by Crippen LogP contribution is 2.32. The summed E-state index contributed by atoms with van der Waals surface area (Å²) in [6.07, 6.45) is 0. The highest BCUT2D eigenvalue weighted by atomic mass is 32.1. The molecule has 4 rings (SSSR count). The molecule has 0 radical (unpaired) electrons. The normalized spacial score (nSPS) is 14.0. The van der Waals surface area contributed by atoms with Crippen LogP contribution in [-0.4, -0.2) is 36.2 Å². The molecule has 2 heterocycles. The molecular formula is C20H21N3O3S. The van der Waals surface area contributed by atoms with Crippen LogP contribution in [0.4, 0.5) is 4.79 Å². The van der Waals surface area contributed by atoms with Crippen molar-refractivity contribution in [2.45, 2.75) is 19.5 Å². The van der Waals surface area contributed by atoms with Crippen LogP contribution < -0.4 is 14.8 Å². The van der Waals surface area contributed by atoms with Crippen LogP contribution in [0, 0.1) is 0 Å². The molecule has 1 atom stereocenters. The Morgan fingerprint density at radius 2 is 2.00 bits per heavy atom. The molecule has 1 aromatic heterocycles. The number of carbonyl (C=O) groups is 1. The predicted molar refractivity (Wildman–Crippen MR) is 105 cm³/mol. The zero-order chi connectivity index (χ0) is 18.8. The van der Waals surface area contributed by atoms with Crippen LogP contribution >= 0.6 is 11.3 Å². The quantitative estimate of drug-likeness (QED) is 0.740. The van der Waals surface area contributed by atoms with E-state index in [-0.39, 0.29) is 12.1 Å². The summed E-state index contributed by atoms with van der Waals surface area (Å²) in [5.41, 5.74) is 1.94. The zero-order valence-corrected chi connectivity index (χ0v) is 16.1. The Balaban J connectivity index is 1.40. The van der Waals surface area contributed by atoms with Gasteiger partial charge in [0.2, 0.25) is 0 Å². The van der Waals surface area contributed by atoms with Gasteiger partial charge in [0.25, 0.3) is 0 Å². The van der Waals surface area contributed by atoms with E-state index in [4.69, 9.17) is 9.47 Å². The van der Waals surface area contributed by atoms with Crippen molar-refractivity contribution in [1.29, 1.82) is 0 Å². The number of aromatic nitrogens is 1. The predicted octanol–water partition coefficient (Wildman–Crippen LogP) is 3.97. The summed E-state index contributed by atoms with van der Waals surface area (Å²) in [6.45, 7) is 3.53. The lowest BCUT2D eigenvalue weighted by Crippen LogP contribution is -2.38. The van der Waals surface area contributed by atoms with Crippen LogP contribution in [0.1, 0.15) is 23.5 Å². The SMILES string of the molecule is CC(NC(=O)N(C)Cc1nc2ccccc2s1)c1ccc2c(c1)OCCO2. The molecule has 2 amide bonds. The minimum Gasteiger partial charge on any atom is -0.486 e. The Bertz CT molecular complexity index is 939. The van der Waals surface area contributed by atoms with E-state index in [0.717, 1.165) is 32.3 Å². The van der Waals surface area contributed by atoms with Crippen molar-refractivity contribution < 1.29 is 14.3 Å². The molecule has 0 bridgehead atoms. The highest BCUT2D eigenvalue weighted by Gasteiger charge is 2.18. The van der Waals surface area contributed by atoms with Crippen molar-refractivity contribution in [1.82, 2.24) is 15.2 Å². The molecule has 140 valence electrons. The Morgan fingerprint density at radius 3 is 2.81 bits per heavy atom. The summed E-state index contributed by atoms with van der Waals surface area (Å²) in [5.74, 6) is 1.47. The summed E-state index contributed by atoms with van der Waals surface area (Å²) in [7, 11) is 1.78. The van der Waals surface area contributed by atoms with Gasteiger partial charge in [0.15, 0.2) is 11.5 Å². The lowest BCUT2D eigenvalue weighted by Gasteiger charge is -2.23. The van der Waals surface area contributed by atoms with Crippen molar-refractivity contribution in [3.05, 3.63) is 53.0 Å². The first-order chi connectivity index (χ1) is 13.1. The number of carbonyl (C=O) groups excluding carboxylic acids is 1. The largest absolute Gasteiger partial charge is 0.486 e. The van der Waals surface area contributed by atoms with Gasteiger partial charge in [-0.1, -0.05) is 18.2 Å². The fourth-order valence-corrected chi connectivity index (χ4v) is 3.99. The van der Waals surface area contributed by atoms with Crippen molar-refractivity contribution in [2.24, 2.45) is 0 Å². The van der Waals surface area contributed by atoms with Gasteiger partial charge in [-0.05, 0) is 36.8 Å². The monoisotopic (exact) mass is 383 g/mol. The Kier molecular flexibility index (Phi) is 4.85. The number of amides is 2. The third kappa shape index (κ3) is 3.83. The first kappa shape index (κ1) is 17.6. The molecule has 1 aliphatic rings. The Labute approximate surface area is 161 Å². The van der Waals surface area contributed by atoms with Crippen LogP contribution in [0.15, 0.2) is 42.5 Å². The molecule has 1 unspecified atom stereocenters. The Morgan fingerprint density at radius 1 is 1.22 bits per heavy atom. The molecule has 0 spiro atoms. The second-order valence-electron chi connectivity index (χ2n) is 6.51. The third-order valence-corrected chi connectivity index (χ3v) is 5.48. The molecule has 2 aromatic carbocycles. The number of hydrogen-bond donors (Lipinski definition) is 1. The van der Waals surface area contributed by atoms with E-state index >= 15 is 0 Å². The zero-order valence-electron chi connectivity index (χ0n) is 15.3. The first-order valence-electron chi connectivity index (χ1n) is 8.86. The minimum absolute atomic E-state index is 0.142. The van der Waals surface area contributed by atoms with Gasteiger partial charge in [-0.2, -0.15) is 0 Å². The minimum atomic E-state index is -0.147. The number of hydrogen-bond acceptors (Lipinski definition) is 5. The van der Waals surface area contributed by atoms with Gasteiger partial charge < -0.3 is 19.7 Å². The number of para-hydroxylation sites is 1. The molecule has 3 aromatic rings. The number of nitrogens with one attached hydrogen (secondary N) is 1. The van der Waals surface area contributed by atoms with Gasteiger partial charge >= 0.3 is 6.03 Å². The lowest BCUT2D eigenvalue weighted by atomic mass is 10.1. The number of ether oxygens (including phenoxy) is 2. The molecule has 27 heavy (non-hydrogen) atoms. The fraction of sp³-hybridized carbons (Fsp3) is 0.300. The van der Waals surface area contributed by atoms with Crippen molar-refractivity contribution in [2.75, 3.05) is 20.3 Å². The summed E-state index contributed by atoms with van der Waals surface area (Å²) in [5, 5.41) is 3.94. The smallest absolute Gasteiger partial charge is 0.317 e. The number of benzene rings is 2. The van der Waals surface area contributed by atoms with E-state index in [1.54, 1.807) is 23.3 Å². The average Bonchev–Trinajstić information content (AvgIpc) is 3.09. The number of nitrogens with zero attached hydrogens (tertiary/aromatic N) is 2. The fourth-order valence-electron chi connectivity index (χ4n) is 2.97. The van der Waals surface area contributed by atoms with E-state index in [1.807, 2.05) is 49.4 Å². The number of thiazole rings is 1. The summed E-state index contributed by atoms with van der Waals surface area (Å²) >= 11 is 1.61. The molecule has 0 aliphatic carbocycles. The molecule has 7 heteroatoms. The standard InChI is InChI=1S/C20H21N3O3S/c1-13(14-7-8-16-17(11-14)26-10-9-25-16)21-20(24)23(2)12-19-22-15-5-3-4-6-18(15)27-19/h3-8,11,13H,9-10,12H2,1-2H3,(H,21,24). The van der Waals surface area contributed by atoms with Crippen molar-refractivity contribution in [3.8, 4) is 11.5 Å². The number of fused-ring (bicyclic) bond motifs is 2. The van der Waals surface area contributed by atoms with Crippen LogP contribution in [-0.2, 0) is 6.54 Å². The van der Waals surface area contributed by atoms with Gasteiger partial charge in [0, 0.05) is 7.05 Å². The number of urea groups is 1. The van der Waals surface area contributed by atoms with Gasteiger partial charge in [-0.25, -0.2) is 9.78 Å². The maximum Gasteiger partial charge on any atom is 0.317 e. The van der Waals surface area contributed by atoms with Gasteiger partial charge in [0.1, 0.15) is 18.2 Å². The van der Waals surface area contributed by atoms with Crippen LogP contribution in [0.25, 0.3) is 10.2 Å². The van der Waals surface area contributed by atoms with Crippen LogP contribution in [0.5, 0.6) is 11.5 Å². The summed E-state index contributed by atoms with van der Waals surface area (Å²) in [4.78, 5) is 18.8. The van der Waals surface area contributed by atoms with E-state index in [1.165, 1.54) is 0 Å². The molecule has 6 nitrogen and oxygen atoms in total. The maximum absolute atomic E-state index is 12.6. The van der Waals surface area contributed by atoms with Crippen molar-refractivity contribution in [3.63, 3.8) is 0 Å². The van der Waals surface area contributed by atoms with Gasteiger partial charge in [-0.15, -0.1) is 11.3 Å². The van der Waals surface area contributed by atoms with E-state index in [0.29, 0.717) is 19.8 Å². The Hall–Kier alpha value is -2.80. The maximum atomic E-state index is 12.6.